The van der Waals surface area contributed by atoms with Crippen LogP contribution in [0.2, 0.25) is 0 Å². The summed E-state index contributed by atoms with van der Waals surface area (Å²) in [6.45, 7) is 3.20. The fraction of sp³-hybridized carbons (Fsp3) is 0.391. The summed E-state index contributed by atoms with van der Waals surface area (Å²) in [5, 5.41) is 12.8. The first-order valence-electron chi connectivity index (χ1n) is 10.8. The van der Waals surface area contributed by atoms with Gasteiger partial charge in [-0.05, 0) is 55.2 Å². The third-order valence-electron chi connectivity index (χ3n) is 6.08. The van der Waals surface area contributed by atoms with Crippen LogP contribution in [0, 0.1) is 5.92 Å². The second-order valence-corrected chi connectivity index (χ2v) is 10.1. The van der Waals surface area contributed by atoms with Crippen LogP contribution >= 0.6 is 0 Å². The number of nitrogens with zero attached hydrogens (tertiary/aromatic N) is 2. The van der Waals surface area contributed by atoms with E-state index in [4.69, 9.17) is 0 Å². The maximum Gasteiger partial charge on any atom is 0.243 e. The lowest BCUT2D eigenvalue weighted by molar-refractivity contribution is -0.122. The van der Waals surface area contributed by atoms with E-state index in [1.807, 2.05) is 24.3 Å². The zero-order valence-corrected chi connectivity index (χ0v) is 18.8. The standard InChI is InChI=1S/C23H27N3O5S/c1-2-16-5-7-18(8-6-16)26-15-17(13-22(26)28)23(29)24-20-14-19(9-10-21(20)27)32(30,31)25-11-3-4-12-25/h5-10,14,17,27H,2-4,11-13,15H2,1H3,(H,24,29). The molecule has 2 aliphatic heterocycles. The Morgan fingerprint density at radius 1 is 1.12 bits per heavy atom. The average Bonchev–Trinajstić information content (AvgIpc) is 3.46. The van der Waals surface area contributed by atoms with E-state index in [0.717, 1.165) is 30.5 Å². The molecular weight excluding hydrogens is 430 g/mol. The SMILES string of the molecule is CCc1ccc(N2CC(C(=O)Nc3cc(S(=O)(=O)N4CCCC4)ccc3O)CC2=O)cc1. The quantitative estimate of drug-likeness (QED) is 0.649. The number of anilines is 2. The van der Waals surface area contributed by atoms with Gasteiger partial charge in [0.2, 0.25) is 21.8 Å². The van der Waals surface area contributed by atoms with Crippen molar-refractivity contribution in [3.05, 3.63) is 48.0 Å². The summed E-state index contributed by atoms with van der Waals surface area (Å²) in [6.07, 6.45) is 2.58. The molecule has 2 aromatic rings. The van der Waals surface area contributed by atoms with Gasteiger partial charge in [-0.2, -0.15) is 4.31 Å². The van der Waals surface area contributed by atoms with Gasteiger partial charge in [0, 0.05) is 31.7 Å². The predicted octanol–water partition coefficient (Wildman–Crippen LogP) is 2.73. The van der Waals surface area contributed by atoms with Gasteiger partial charge in [-0.15, -0.1) is 0 Å². The Hall–Kier alpha value is -2.91. The van der Waals surface area contributed by atoms with Crippen molar-refractivity contribution >= 4 is 33.2 Å². The maximum absolute atomic E-state index is 12.8. The summed E-state index contributed by atoms with van der Waals surface area (Å²) in [4.78, 5) is 27.0. The number of hydrogen-bond acceptors (Lipinski definition) is 5. The Bertz CT molecular complexity index is 1120. The molecule has 0 spiro atoms. The first kappa shape index (κ1) is 22.3. The van der Waals surface area contributed by atoms with Gasteiger partial charge in [-0.25, -0.2) is 8.42 Å². The second-order valence-electron chi connectivity index (χ2n) is 8.20. The van der Waals surface area contributed by atoms with E-state index in [2.05, 4.69) is 12.2 Å². The van der Waals surface area contributed by atoms with E-state index < -0.39 is 21.8 Å². The largest absolute Gasteiger partial charge is 0.506 e. The van der Waals surface area contributed by atoms with Crippen molar-refractivity contribution < 1.29 is 23.1 Å². The number of hydrogen-bond donors (Lipinski definition) is 2. The molecule has 2 N–H and O–H groups in total. The highest BCUT2D eigenvalue weighted by molar-refractivity contribution is 7.89. The molecule has 4 rings (SSSR count). The van der Waals surface area contributed by atoms with Crippen LogP contribution in [0.25, 0.3) is 0 Å². The Kier molecular flexibility index (Phi) is 6.21. The predicted molar refractivity (Wildman–Crippen MR) is 121 cm³/mol. The molecule has 2 amide bonds. The normalized spacial score (nSPS) is 19.5. The Labute approximate surface area is 187 Å². The van der Waals surface area contributed by atoms with Crippen molar-refractivity contribution in [2.24, 2.45) is 5.92 Å². The van der Waals surface area contributed by atoms with Gasteiger partial charge in [0.25, 0.3) is 0 Å². The van der Waals surface area contributed by atoms with E-state index in [0.29, 0.717) is 13.1 Å². The number of nitrogens with one attached hydrogen (secondary N) is 1. The highest BCUT2D eigenvalue weighted by Crippen LogP contribution is 2.31. The molecule has 1 unspecified atom stereocenters. The highest BCUT2D eigenvalue weighted by atomic mass is 32.2. The minimum absolute atomic E-state index is 0.0210. The van der Waals surface area contributed by atoms with Crippen LogP contribution in [-0.2, 0) is 26.0 Å². The van der Waals surface area contributed by atoms with Crippen molar-refractivity contribution in [1.82, 2.24) is 4.31 Å². The molecule has 9 heteroatoms. The fourth-order valence-electron chi connectivity index (χ4n) is 4.13. The minimum atomic E-state index is -3.68. The van der Waals surface area contributed by atoms with Crippen molar-refractivity contribution in [1.29, 1.82) is 0 Å². The zero-order chi connectivity index (χ0) is 22.9. The number of sulfonamides is 1. The number of amides is 2. The third-order valence-corrected chi connectivity index (χ3v) is 7.98. The van der Waals surface area contributed by atoms with Crippen LogP contribution in [-0.4, -0.2) is 49.3 Å². The smallest absolute Gasteiger partial charge is 0.243 e. The molecular formula is C23H27N3O5S. The molecule has 0 bridgehead atoms. The summed E-state index contributed by atoms with van der Waals surface area (Å²) >= 11 is 0. The molecule has 2 heterocycles. The highest BCUT2D eigenvalue weighted by Gasteiger charge is 2.35. The summed E-state index contributed by atoms with van der Waals surface area (Å²) in [5.41, 5.74) is 1.92. The lowest BCUT2D eigenvalue weighted by atomic mass is 10.1. The number of benzene rings is 2. The lowest BCUT2D eigenvalue weighted by Crippen LogP contribution is -2.29. The number of aromatic hydroxyl groups is 1. The molecule has 2 aromatic carbocycles. The number of carbonyl (C=O) groups excluding carboxylic acids is 2. The number of rotatable bonds is 6. The zero-order valence-electron chi connectivity index (χ0n) is 18.0. The molecule has 0 aliphatic carbocycles. The maximum atomic E-state index is 12.8. The van der Waals surface area contributed by atoms with Crippen LogP contribution in [0.5, 0.6) is 5.75 Å². The van der Waals surface area contributed by atoms with Crippen LogP contribution < -0.4 is 10.2 Å². The topological polar surface area (TPSA) is 107 Å². The van der Waals surface area contributed by atoms with Crippen molar-refractivity contribution in [2.75, 3.05) is 29.9 Å². The Morgan fingerprint density at radius 3 is 2.47 bits per heavy atom. The van der Waals surface area contributed by atoms with Gasteiger partial charge in [-0.1, -0.05) is 19.1 Å². The lowest BCUT2D eigenvalue weighted by Gasteiger charge is -2.18. The van der Waals surface area contributed by atoms with E-state index in [1.54, 1.807) is 4.90 Å². The van der Waals surface area contributed by atoms with Gasteiger partial charge in [0.15, 0.2) is 0 Å². The molecule has 0 aromatic heterocycles. The summed E-state index contributed by atoms with van der Waals surface area (Å²) in [5.74, 6) is -1.41. The van der Waals surface area contributed by atoms with Crippen LogP contribution in [0.3, 0.4) is 0 Å². The fourth-order valence-corrected chi connectivity index (χ4v) is 5.68. The third kappa shape index (κ3) is 4.35. The van der Waals surface area contributed by atoms with Gasteiger partial charge in [0.1, 0.15) is 5.75 Å². The molecule has 1 atom stereocenters. The van der Waals surface area contributed by atoms with Gasteiger partial charge >= 0.3 is 0 Å². The minimum Gasteiger partial charge on any atom is -0.506 e. The number of aryl methyl sites for hydroxylation is 1. The van der Waals surface area contributed by atoms with Crippen LogP contribution in [0.15, 0.2) is 47.4 Å². The van der Waals surface area contributed by atoms with Crippen molar-refractivity contribution in [2.45, 2.75) is 37.5 Å². The summed E-state index contributed by atoms with van der Waals surface area (Å²) in [7, 11) is -3.68. The number of phenolic OH excluding ortho intramolecular Hbond substituents is 1. The van der Waals surface area contributed by atoms with E-state index >= 15 is 0 Å². The molecule has 170 valence electrons. The monoisotopic (exact) mass is 457 g/mol. The number of carbonyl (C=O) groups is 2. The Balaban J connectivity index is 1.48. The van der Waals surface area contributed by atoms with Gasteiger partial charge in [-0.3, -0.25) is 9.59 Å². The van der Waals surface area contributed by atoms with Crippen molar-refractivity contribution in [3.63, 3.8) is 0 Å². The molecule has 2 fully saturated rings. The van der Waals surface area contributed by atoms with Crippen LogP contribution in [0.1, 0.15) is 31.7 Å². The average molecular weight is 458 g/mol. The second kappa shape index (κ2) is 8.91. The molecule has 2 aliphatic rings. The van der Waals surface area contributed by atoms with Gasteiger partial charge in [0.05, 0.1) is 16.5 Å². The molecule has 0 radical (unpaired) electrons. The van der Waals surface area contributed by atoms with Gasteiger partial charge < -0.3 is 15.3 Å². The Morgan fingerprint density at radius 2 is 1.81 bits per heavy atom. The van der Waals surface area contributed by atoms with E-state index in [1.165, 1.54) is 22.5 Å². The summed E-state index contributed by atoms with van der Waals surface area (Å²) in [6, 6.07) is 11.5. The molecule has 2 saturated heterocycles. The van der Waals surface area contributed by atoms with Crippen molar-refractivity contribution in [3.8, 4) is 5.75 Å². The first-order valence-corrected chi connectivity index (χ1v) is 12.3. The van der Waals surface area contributed by atoms with E-state index in [9.17, 15) is 23.1 Å². The number of phenols is 1. The molecule has 32 heavy (non-hydrogen) atoms. The summed E-state index contributed by atoms with van der Waals surface area (Å²) < 4.78 is 27.0. The van der Waals surface area contributed by atoms with E-state index in [-0.39, 0.29) is 35.2 Å². The van der Waals surface area contributed by atoms with Crippen LogP contribution in [0.4, 0.5) is 11.4 Å². The first-order chi connectivity index (χ1) is 15.3. The molecule has 8 nitrogen and oxygen atoms in total. The molecule has 0 saturated carbocycles.